The van der Waals surface area contributed by atoms with Crippen LogP contribution in [0.5, 0.6) is 0 Å². The van der Waals surface area contributed by atoms with Crippen molar-refractivity contribution < 1.29 is 9.59 Å². The van der Waals surface area contributed by atoms with E-state index in [0.29, 0.717) is 20.9 Å². The van der Waals surface area contributed by atoms with Crippen molar-refractivity contribution in [2.45, 2.75) is 19.5 Å². The Morgan fingerprint density at radius 1 is 1.32 bits per heavy atom. The molecule has 130 valence electrons. The number of hydrogen-bond acceptors (Lipinski definition) is 6. The predicted octanol–water partition coefficient (Wildman–Crippen LogP) is 1.82. The van der Waals surface area contributed by atoms with Gasteiger partial charge in [-0.1, -0.05) is 6.07 Å². The second kappa shape index (κ2) is 7.16. The summed E-state index contributed by atoms with van der Waals surface area (Å²) < 4.78 is 0.564. The van der Waals surface area contributed by atoms with Crippen molar-refractivity contribution in [3.63, 3.8) is 0 Å². The van der Waals surface area contributed by atoms with E-state index in [1.54, 1.807) is 42.9 Å². The third kappa shape index (κ3) is 3.77. The molecule has 0 spiro atoms. The summed E-state index contributed by atoms with van der Waals surface area (Å²) in [4.78, 5) is 45.5. The lowest BCUT2D eigenvalue weighted by Crippen LogP contribution is -2.45. The number of carbonyl (C=O) groups excluding carboxylic acids is 2. The molecule has 0 aliphatic rings. The highest BCUT2D eigenvalue weighted by atomic mass is 32.1. The molecule has 0 fully saturated rings. The minimum atomic E-state index is -0.684. The van der Waals surface area contributed by atoms with Gasteiger partial charge in [-0.05, 0) is 29.8 Å². The number of aromatic amines is 1. The zero-order chi connectivity index (χ0) is 18.0. The Morgan fingerprint density at radius 2 is 2.12 bits per heavy atom. The van der Waals surface area contributed by atoms with Crippen molar-refractivity contribution in [1.29, 1.82) is 0 Å². The maximum Gasteiger partial charge on any atom is 0.268 e. The Kier molecular flexibility index (Phi) is 4.95. The Morgan fingerprint density at radius 3 is 2.84 bits per heavy atom. The van der Waals surface area contributed by atoms with Crippen LogP contribution < -0.4 is 10.9 Å². The van der Waals surface area contributed by atoms with Crippen LogP contribution in [0.25, 0.3) is 10.2 Å². The Balaban J connectivity index is 1.66. The molecule has 1 atom stereocenters. The summed E-state index contributed by atoms with van der Waals surface area (Å²) in [5.41, 5.74) is 0.401. The molecule has 0 radical (unpaired) electrons. The summed E-state index contributed by atoms with van der Waals surface area (Å²) in [6.45, 7) is 1.78. The number of hydrogen-bond donors (Lipinski definition) is 2. The standard InChI is InChI=1S/C16H16N4O3S2/c1-9(17-14(21)11-4-3-6-24-11)16(23)20(2)8-12-18-10-5-7-25-13(10)15(22)19-12/h3-7,9H,8H2,1-2H3,(H,17,21)(H,18,19,22). The second-order valence-corrected chi connectivity index (χ2v) is 7.38. The highest BCUT2D eigenvalue weighted by molar-refractivity contribution is 7.17. The molecule has 3 rings (SSSR count). The minimum Gasteiger partial charge on any atom is -0.340 e. The van der Waals surface area contributed by atoms with Crippen LogP contribution in [0.1, 0.15) is 22.4 Å². The molecule has 25 heavy (non-hydrogen) atoms. The fourth-order valence-electron chi connectivity index (χ4n) is 2.37. The monoisotopic (exact) mass is 376 g/mol. The number of likely N-dealkylation sites (N-methyl/N-ethyl adjacent to an activating group) is 1. The lowest BCUT2D eigenvalue weighted by molar-refractivity contribution is -0.132. The van der Waals surface area contributed by atoms with Gasteiger partial charge >= 0.3 is 0 Å². The average molecular weight is 376 g/mol. The van der Waals surface area contributed by atoms with Crippen LogP contribution in [-0.2, 0) is 11.3 Å². The first kappa shape index (κ1) is 17.3. The highest BCUT2D eigenvalue weighted by Crippen LogP contribution is 2.14. The average Bonchev–Trinajstić information content (AvgIpc) is 3.25. The summed E-state index contributed by atoms with van der Waals surface area (Å²) in [7, 11) is 1.61. The molecule has 3 aromatic rings. The van der Waals surface area contributed by atoms with E-state index >= 15 is 0 Å². The van der Waals surface area contributed by atoms with Crippen molar-refractivity contribution >= 4 is 44.7 Å². The molecule has 7 nitrogen and oxygen atoms in total. The number of amides is 2. The van der Waals surface area contributed by atoms with Gasteiger partial charge in [-0.25, -0.2) is 4.98 Å². The van der Waals surface area contributed by atoms with E-state index in [-0.39, 0.29) is 23.9 Å². The first-order valence-electron chi connectivity index (χ1n) is 7.51. The maximum atomic E-state index is 12.4. The quantitative estimate of drug-likeness (QED) is 0.710. The molecule has 3 aromatic heterocycles. The summed E-state index contributed by atoms with van der Waals surface area (Å²) in [5, 5.41) is 6.28. The van der Waals surface area contributed by atoms with Crippen LogP contribution in [0.15, 0.2) is 33.8 Å². The van der Waals surface area contributed by atoms with E-state index in [4.69, 9.17) is 0 Å². The number of aromatic nitrogens is 2. The molecule has 9 heteroatoms. The van der Waals surface area contributed by atoms with Gasteiger partial charge in [0, 0.05) is 7.05 Å². The number of nitrogens with zero attached hydrogens (tertiary/aromatic N) is 2. The topological polar surface area (TPSA) is 95.2 Å². The Labute approximate surface area is 151 Å². The van der Waals surface area contributed by atoms with Gasteiger partial charge in [0.2, 0.25) is 5.91 Å². The number of rotatable bonds is 5. The van der Waals surface area contributed by atoms with Gasteiger partial charge in [-0.15, -0.1) is 22.7 Å². The van der Waals surface area contributed by atoms with Gasteiger partial charge in [-0.2, -0.15) is 0 Å². The summed E-state index contributed by atoms with van der Waals surface area (Å²) in [5.74, 6) is -0.142. The Hall–Kier alpha value is -2.52. The van der Waals surface area contributed by atoms with Gasteiger partial charge in [0.1, 0.15) is 16.6 Å². The van der Waals surface area contributed by atoms with Crippen LogP contribution >= 0.6 is 22.7 Å². The molecular formula is C16H16N4O3S2. The number of H-pyrrole nitrogens is 1. The van der Waals surface area contributed by atoms with Crippen LogP contribution in [-0.4, -0.2) is 39.8 Å². The molecule has 1 unspecified atom stereocenters. The van der Waals surface area contributed by atoms with Crippen LogP contribution in [0.3, 0.4) is 0 Å². The molecule has 0 aromatic carbocycles. The van der Waals surface area contributed by atoms with Crippen molar-refractivity contribution in [2.24, 2.45) is 0 Å². The third-order valence-corrected chi connectivity index (χ3v) is 5.36. The fourth-order valence-corrected chi connectivity index (χ4v) is 3.72. The lowest BCUT2D eigenvalue weighted by atomic mass is 10.2. The minimum absolute atomic E-state index is 0.152. The van der Waals surface area contributed by atoms with Gasteiger partial charge in [0.25, 0.3) is 11.5 Å². The molecule has 2 amide bonds. The number of nitrogens with one attached hydrogen (secondary N) is 2. The molecule has 2 N–H and O–H groups in total. The third-order valence-electron chi connectivity index (χ3n) is 3.59. The fraction of sp³-hybridized carbons (Fsp3) is 0.250. The SMILES string of the molecule is CC(NC(=O)c1cccs1)C(=O)N(C)Cc1nc2ccsc2c(=O)[nH]1. The summed E-state index contributed by atoms with van der Waals surface area (Å²) in [6, 6.07) is 4.56. The van der Waals surface area contributed by atoms with Crippen molar-refractivity contribution in [3.8, 4) is 0 Å². The van der Waals surface area contributed by atoms with Gasteiger partial charge in [0.15, 0.2) is 0 Å². The van der Waals surface area contributed by atoms with Gasteiger partial charge in [-0.3, -0.25) is 14.4 Å². The first-order chi connectivity index (χ1) is 12.0. The molecule has 0 bridgehead atoms. The van der Waals surface area contributed by atoms with E-state index in [9.17, 15) is 14.4 Å². The molecule has 0 saturated carbocycles. The predicted molar refractivity (Wildman–Crippen MR) is 98.0 cm³/mol. The van der Waals surface area contributed by atoms with Gasteiger partial charge < -0.3 is 15.2 Å². The van der Waals surface area contributed by atoms with Crippen LogP contribution in [0.2, 0.25) is 0 Å². The number of thiophene rings is 2. The zero-order valence-electron chi connectivity index (χ0n) is 13.6. The van der Waals surface area contributed by atoms with E-state index in [1.165, 1.54) is 27.6 Å². The smallest absolute Gasteiger partial charge is 0.268 e. The van der Waals surface area contributed by atoms with Crippen molar-refractivity contribution in [2.75, 3.05) is 7.05 Å². The summed E-state index contributed by atoms with van der Waals surface area (Å²) in [6.07, 6.45) is 0. The first-order valence-corrected chi connectivity index (χ1v) is 9.27. The molecule has 0 aliphatic heterocycles. The maximum absolute atomic E-state index is 12.4. The highest BCUT2D eigenvalue weighted by Gasteiger charge is 2.21. The van der Waals surface area contributed by atoms with E-state index in [0.717, 1.165) is 0 Å². The zero-order valence-corrected chi connectivity index (χ0v) is 15.2. The largest absolute Gasteiger partial charge is 0.340 e. The molecular weight excluding hydrogens is 360 g/mol. The Bertz CT molecular complexity index is 961. The lowest BCUT2D eigenvalue weighted by Gasteiger charge is -2.21. The molecule has 0 aliphatic carbocycles. The molecule has 0 saturated heterocycles. The normalized spacial score (nSPS) is 12.1. The van der Waals surface area contributed by atoms with E-state index in [1.807, 2.05) is 0 Å². The number of carbonyl (C=O) groups is 2. The summed E-state index contributed by atoms with van der Waals surface area (Å²) >= 11 is 2.64. The van der Waals surface area contributed by atoms with Gasteiger partial charge in [0.05, 0.1) is 16.9 Å². The van der Waals surface area contributed by atoms with Crippen LogP contribution in [0.4, 0.5) is 0 Å². The molecule has 3 heterocycles. The van der Waals surface area contributed by atoms with E-state index in [2.05, 4.69) is 15.3 Å². The van der Waals surface area contributed by atoms with E-state index < -0.39 is 6.04 Å². The number of fused-ring (bicyclic) bond motifs is 1. The second-order valence-electron chi connectivity index (χ2n) is 5.51. The van der Waals surface area contributed by atoms with Crippen molar-refractivity contribution in [1.82, 2.24) is 20.2 Å². The van der Waals surface area contributed by atoms with Crippen molar-refractivity contribution in [3.05, 3.63) is 50.0 Å². The van der Waals surface area contributed by atoms with Crippen LogP contribution in [0, 0.1) is 0 Å².